The second kappa shape index (κ2) is 3.76. The first kappa shape index (κ1) is 9.16. The standard InChI is InChI=1S/C11H7N3O/c12-7-8-2-1-3-9(6-8)10-4-5-13-14-11(10)15/h1-6H,(H,14,15). The van der Waals surface area contributed by atoms with Crippen LogP contribution in [0.1, 0.15) is 5.56 Å². The van der Waals surface area contributed by atoms with E-state index < -0.39 is 0 Å². The maximum Gasteiger partial charge on any atom is 0.272 e. The molecule has 0 atom stereocenters. The molecule has 72 valence electrons. The molecule has 0 saturated carbocycles. The molecule has 2 rings (SSSR count). The number of nitrogens with zero attached hydrogens (tertiary/aromatic N) is 2. The third-order valence-corrected chi connectivity index (χ3v) is 2.03. The maximum atomic E-state index is 11.4. The highest BCUT2D eigenvalue weighted by atomic mass is 16.1. The summed E-state index contributed by atoms with van der Waals surface area (Å²) in [7, 11) is 0. The molecule has 0 fully saturated rings. The second-order valence-corrected chi connectivity index (χ2v) is 2.99. The number of nitrogens with one attached hydrogen (secondary N) is 1. The van der Waals surface area contributed by atoms with Crippen LogP contribution in [-0.2, 0) is 0 Å². The van der Waals surface area contributed by atoms with E-state index in [1.54, 1.807) is 30.3 Å². The van der Waals surface area contributed by atoms with Gasteiger partial charge in [-0.1, -0.05) is 12.1 Å². The minimum absolute atomic E-state index is 0.257. The normalized spacial score (nSPS) is 9.53. The van der Waals surface area contributed by atoms with Crippen molar-refractivity contribution in [1.82, 2.24) is 10.2 Å². The van der Waals surface area contributed by atoms with Crippen molar-refractivity contribution in [3.05, 3.63) is 52.4 Å². The van der Waals surface area contributed by atoms with Gasteiger partial charge in [0.2, 0.25) is 0 Å². The van der Waals surface area contributed by atoms with Crippen LogP contribution in [0, 0.1) is 11.3 Å². The Hall–Kier alpha value is -2.41. The Kier molecular flexibility index (Phi) is 2.30. The lowest BCUT2D eigenvalue weighted by Crippen LogP contribution is -2.09. The van der Waals surface area contributed by atoms with Gasteiger partial charge in [0.1, 0.15) is 0 Å². The molecule has 0 spiro atoms. The summed E-state index contributed by atoms with van der Waals surface area (Å²) in [5.41, 5.74) is 1.51. The number of aromatic amines is 1. The Bertz CT molecular complexity index is 581. The van der Waals surface area contributed by atoms with Crippen molar-refractivity contribution < 1.29 is 0 Å². The minimum atomic E-state index is -0.257. The number of H-pyrrole nitrogens is 1. The Labute approximate surface area is 85.8 Å². The predicted molar refractivity (Wildman–Crippen MR) is 55.0 cm³/mol. The second-order valence-electron chi connectivity index (χ2n) is 2.99. The van der Waals surface area contributed by atoms with Crippen LogP contribution >= 0.6 is 0 Å². The van der Waals surface area contributed by atoms with Gasteiger partial charge in [-0.3, -0.25) is 4.79 Å². The zero-order chi connectivity index (χ0) is 10.7. The number of hydrogen-bond acceptors (Lipinski definition) is 3. The monoisotopic (exact) mass is 197 g/mol. The van der Waals surface area contributed by atoms with Crippen LogP contribution in [0.3, 0.4) is 0 Å². The van der Waals surface area contributed by atoms with Crippen molar-refractivity contribution in [2.24, 2.45) is 0 Å². The van der Waals surface area contributed by atoms with Crippen LogP contribution < -0.4 is 5.56 Å². The first-order chi connectivity index (χ1) is 7.31. The van der Waals surface area contributed by atoms with Crippen LogP contribution in [-0.4, -0.2) is 10.2 Å². The van der Waals surface area contributed by atoms with Gasteiger partial charge < -0.3 is 0 Å². The fraction of sp³-hybridized carbons (Fsp3) is 0. The van der Waals surface area contributed by atoms with Gasteiger partial charge in [0.05, 0.1) is 17.2 Å². The van der Waals surface area contributed by atoms with Crippen LogP contribution in [0.25, 0.3) is 11.1 Å². The predicted octanol–water partition coefficient (Wildman–Crippen LogP) is 1.31. The summed E-state index contributed by atoms with van der Waals surface area (Å²) in [6, 6.07) is 10.5. The summed E-state index contributed by atoms with van der Waals surface area (Å²) in [6.45, 7) is 0. The molecule has 0 aliphatic carbocycles. The largest absolute Gasteiger partial charge is 0.272 e. The average Bonchev–Trinajstić information content (AvgIpc) is 2.30. The van der Waals surface area contributed by atoms with E-state index in [-0.39, 0.29) is 5.56 Å². The van der Waals surface area contributed by atoms with Gasteiger partial charge in [-0.25, -0.2) is 5.10 Å². The van der Waals surface area contributed by atoms with Crippen LogP contribution in [0.5, 0.6) is 0 Å². The van der Waals surface area contributed by atoms with Crippen LogP contribution in [0.4, 0.5) is 0 Å². The van der Waals surface area contributed by atoms with Gasteiger partial charge in [-0.05, 0) is 23.8 Å². The smallest absolute Gasteiger partial charge is 0.267 e. The third kappa shape index (κ3) is 1.76. The van der Waals surface area contributed by atoms with Crippen molar-refractivity contribution in [3.63, 3.8) is 0 Å². The van der Waals surface area contributed by atoms with Gasteiger partial charge in [-0.2, -0.15) is 10.4 Å². The molecule has 1 aromatic heterocycles. The van der Waals surface area contributed by atoms with E-state index in [9.17, 15) is 4.79 Å². The summed E-state index contributed by atoms with van der Waals surface area (Å²) in [4.78, 5) is 11.4. The van der Waals surface area contributed by atoms with E-state index in [1.165, 1.54) is 6.20 Å². The number of hydrogen-bond donors (Lipinski definition) is 1. The Morgan fingerprint density at radius 2 is 2.20 bits per heavy atom. The first-order valence-corrected chi connectivity index (χ1v) is 4.35. The van der Waals surface area contributed by atoms with Gasteiger partial charge >= 0.3 is 0 Å². The molecule has 0 saturated heterocycles. The Morgan fingerprint density at radius 3 is 2.93 bits per heavy atom. The quantitative estimate of drug-likeness (QED) is 0.749. The maximum absolute atomic E-state index is 11.4. The SMILES string of the molecule is N#Cc1cccc(-c2ccn[nH]c2=O)c1. The molecule has 4 heteroatoms. The van der Waals surface area contributed by atoms with Crippen molar-refractivity contribution in [2.75, 3.05) is 0 Å². The van der Waals surface area contributed by atoms with E-state index in [2.05, 4.69) is 10.2 Å². The minimum Gasteiger partial charge on any atom is -0.267 e. The Balaban J connectivity index is 2.61. The number of aromatic nitrogens is 2. The molecule has 1 N–H and O–H groups in total. The fourth-order valence-corrected chi connectivity index (χ4v) is 1.33. The molecule has 2 aromatic rings. The molecule has 0 bridgehead atoms. The molecule has 15 heavy (non-hydrogen) atoms. The molecule has 1 aromatic carbocycles. The summed E-state index contributed by atoms with van der Waals surface area (Å²) in [6.07, 6.45) is 1.51. The van der Waals surface area contributed by atoms with E-state index >= 15 is 0 Å². The zero-order valence-corrected chi connectivity index (χ0v) is 7.77. The highest BCUT2D eigenvalue weighted by Crippen LogP contribution is 2.15. The molecule has 1 heterocycles. The summed E-state index contributed by atoms with van der Waals surface area (Å²) in [5, 5.41) is 14.7. The number of benzene rings is 1. The first-order valence-electron chi connectivity index (χ1n) is 4.35. The summed E-state index contributed by atoms with van der Waals surface area (Å²) in [5.74, 6) is 0. The van der Waals surface area contributed by atoms with E-state index in [4.69, 9.17) is 5.26 Å². The number of nitriles is 1. The molecule has 4 nitrogen and oxygen atoms in total. The van der Waals surface area contributed by atoms with Crippen molar-refractivity contribution in [3.8, 4) is 17.2 Å². The van der Waals surface area contributed by atoms with Gasteiger partial charge in [0, 0.05) is 6.20 Å². The lowest BCUT2D eigenvalue weighted by atomic mass is 10.1. The third-order valence-electron chi connectivity index (χ3n) is 2.03. The molecule has 0 unspecified atom stereocenters. The van der Waals surface area contributed by atoms with Gasteiger partial charge in [0.15, 0.2) is 0 Å². The molecule has 0 aliphatic rings. The van der Waals surface area contributed by atoms with E-state index in [1.807, 2.05) is 6.07 Å². The zero-order valence-electron chi connectivity index (χ0n) is 7.77. The molecule has 0 aliphatic heterocycles. The lowest BCUT2D eigenvalue weighted by Gasteiger charge is -1.99. The van der Waals surface area contributed by atoms with Crippen molar-refractivity contribution >= 4 is 0 Å². The molecular formula is C11H7N3O. The Morgan fingerprint density at radius 1 is 1.33 bits per heavy atom. The highest BCUT2D eigenvalue weighted by Gasteiger charge is 2.02. The van der Waals surface area contributed by atoms with Crippen molar-refractivity contribution in [1.29, 1.82) is 5.26 Å². The lowest BCUT2D eigenvalue weighted by molar-refractivity contribution is 0.991. The number of rotatable bonds is 1. The average molecular weight is 197 g/mol. The summed E-state index contributed by atoms with van der Waals surface area (Å²) < 4.78 is 0. The van der Waals surface area contributed by atoms with E-state index in [0.717, 1.165) is 5.56 Å². The molecule has 0 radical (unpaired) electrons. The van der Waals surface area contributed by atoms with Crippen molar-refractivity contribution in [2.45, 2.75) is 0 Å². The van der Waals surface area contributed by atoms with Gasteiger partial charge in [-0.15, -0.1) is 0 Å². The topological polar surface area (TPSA) is 69.5 Å². The van der Waals surface area contributed by atoms with Crippen LogP contribution in [0.15, 0.2) is 41.3 Å². The van der Waals surface area contributed by atoms with Crippen LogP contribution in [0.2, 0.25) is 0 Å². The highest BCUT2D eigenvalue weighted by molar-refractivity contribution is 5.63. The van der Waals surface area contributed by atoms with E-state index in [0.29, 0.717) is 11.1 Å². The van der Waals surface area contributed by atoms with Gasteiger partial charge in [0.25, 0.3) is 5.56 Å². The molecular weight excluding hydrogens is 190 g/mol. The summed E-state index contributed by atoms with van der Waals surface area (Å²) >= 11 is 0. The molecule has 0 amide bonds. The fourth-order valence-electron chi connectivity index (χ4n) is 1.33.